The first kappa shape index (κ1) is 13.1. The summed E-state index contributed by atoms with van der Waals surface area (Å²) in [6.45, 7) is 4.64. The smallest absolute Gasteiger partial charge is 0.320 e. The highest BCUT2D eigenvalue weighted by Gasteiger charge is 2.13. The minimum Gasteiger partial charge on any atom is -0.464 e. The summed E-state index contributed by atoms with van der Waals surface area (Å²) in [5.41, 5.74) is 1.20. The summed E-state index contributed by atoms with van der Waals surface area (Å²) in [5.74, 6) is -0.118. The van der Waals surface area contributed by atoms with Gasteiger partial charge in [0.25, 0.3) is 0 Å². The summed E-state index contributed by atoms with van der Waals surface area (Å²) < 4.78 is 5.25. The Morgan fingerprint density at radius 1 is 1.22 bits per heavy atom. The molecule has 4 nitrogen and oxygen atoms in total. The summed E-state index contributed by atoms with van der Waals surface area (Å²) >= 11 is 0. The molecule has 0 radical (unpaired) electrons. The van der Waals surface area contributed by atoms with Crippen LogP contribution in [0.5, 0.6) is 0 Å². The highest BCUT2D eigenvalue weighted by Crippen LogP contribution is 2.00. The van der Waals surface area contributed by atoms with Gasteiger partial charge in [-0.1, -0.05) is 30.3 Å². The Hall–Kier alpha value is -1.39. The summed E-state index contributed by atoms with van der Waals surface area (Å²) in [6, 6.07) is 10.1. The van der Waals surface area contributed by atoms with E-state index in [2.05, 4.69) is 10.2 Å². The standard InChI is InChI=1S/C14H20N2O2/c17-14(12-16-9-7-15-8-10-16)18-11-6-13-4-2-1-3-5-13/h1-5,15H,6-12H2. The number of piperazine rings is 1. The normalized spacial score (nSPS) is 16.4. The van der Waals surface area contributed by atoms with E-state index in [1.165, 1.54) is 5.56 Å². The van der Waals surface area contributed by atoms with Crippen molar-refractivity contribution in [2.24, 2.45) is 0 Å². The highest BCUT2D eigenvalue weighted by molar-refractivity contribution is 5.71. The van der Waals surface area contributed by atoms with E-state index in [4.69, 9.17) is 4.74 Å². The van der Waals surface area contributed by atoms with Gasteiger partial charge in [0.15, 0.2) is 0 Å². The number of nitrogens with zero attached hydrogens (tertiary/aromatic N) is 1. The highest BCUT2D eigenvalue weighted by atomic mass is 16.5. The van der Waals surface area contributed by atoms with Crippen molar-refractivity contribution < 1.29 is 9.53 Å². The Morgan fingerprint density at radius 2 is 1.94 bits per heavy atom. The number of rotatable bonds is 5. The van der Waals surface area contributed by atoms with Crippen LogP contribution in [0.2, 0.25) is 0 Å². The van der Waals surface area contributed by atoms with Crippen molar-refractivity contribution in [1.29, 1.82) is 0 Å². The van der Waals surface area contributed by atoms with Crippen molar-refractivity contribution in [2.75, 3.05) is 39.3 Å². The van der Waals surface area contributed by atoms with Gasteiger partial charge in [0.05, 0.1) is 13.2 Å². The Balaban J connectivity index is 1.62. The average molecular weight is 248 g/mol. The molecule has 18 heavy (non-hydrogen) atoms. The lowest BCUT2D eigenvalue weighted by atomic mass is 10.2. The maximum absolute atomic E-state index is 11.6. The summed E-state index contributed by atoms with van der Waals surface area (Å²) in [6.07, 6.45) is 0.786. The van der Waals surface area contributed by atoms with E-state index < -0.39 is 0 Å². The molecule has 1 aliphatic heterocycles. The number of benzene rings is 1. The van der Waals surface area contributed by atoms with E-state index in [-0.39, 0.29) is 5.97 Å². The van der Waals surface area contributed by atoms with Crippen LogP contribution in [0.3, 0.4) is 0 Å². The molecule has 0 unspecified atom stereocenters. The molecule has 4 heteroatoms. The quantitative estimate of drug-likeness (QED) is 0.778. The van der Waals surface area contributed by atoms with E-state index in [0.717, 1.165) is 32.6 Å². The molecular weight excluding hydrogens is 228 g/mol. The van der Waals surface area contributed by atoms with Gasteiger partial charge in [0.1, 0.15) is 0 Å². The summed E-state index contributed by atoms with van der Waals surface area (Å²) in [7, 11) is 0. The van der Waals surface area contributed by atoms with Crippen LogP contribution in [0.4, 0.5) is 0 Å². The zero-order valence-corrected chi connectivity index (χ0v) is 10.6. The number of hydrogen-bond acceptors (Lipinski definition) is 4. The molecule has 0 aromatic heterocycles. The zero-order valence-electron chi connectivity index (χ0n) is 10.6. The van der Waals surface area contributed by atoms with Gasteiger partial charge in [-0.25, -0.2) is 0 Å². The third-order valence-corrected chi connectivity index (χ3v) is 3.06. The molecule has 0 amide bonds. The van der Waals surface area contributed by atoms with E-state index in [0.29, 0.717) is 13.2 Å². The summed E-state index contributed by atoms with van der Waals surface area (Å²) in [4.78, 5) is 13.7. The molecule has 1 N–H and O–H groups in total. The fraction of sp³-hybridized carbons (Fsp3) is 0.500. The molecule has 1 saturated heterocycles. The van der Waals surface area contributed by atoms with Gasteiger partial charge in [-0.15, -0.1) is 0 Å². The maximum atomic E-state index is 11.6. The molecule has 2 rings (SSSR count). The number of esters is 1. The number of hydrogen-bond donors (Lipinski definition) is 1. The third kappa shape index (κ3) is 4.47. The SMILES string of the molecule is O=C(CN1CCNCC1)OCCc1ccccc1. The third-order valence-electron chi connectivity index (χ3n) is 3.06. The molecule has 0 spiro atoms. The van der Waals surface area contributed by atoms with Crippen LogP contribution >= 0.6 is 0 Å². The molecule has 98 valence electrons. The van der Waals surface area contributed by atoms with Gasteiger partial charge >= 0.3 is 5.97 Å². The van der Waals surface area contributed by atoms with Gasteiger partial charge in [-0.3, -0.25) is 9.69 Å². The second kappa shape index (κ2) is 7.13. The van der Waals surface area contributed by atoms with Crippen LogP contribution in [-0.4, -0.2) is 50.2 Å². The van der Waals surface area contributed by atoms with E-state index in [1.807, 2.05) is 30.3 Å². The molecule has 1 aliphatic rings. The van der Waals surface area contributed by atoms with E-state index in [1.54, 1.807) is 0 Å². The topological polar surface area (TPSA) is 41.6 Å². The van der Waals surface area contributed by atoms with Gasteiger partial charge in [0, 0.05) is 32.6 Å². The fourth-order valence-electron chi connectivity index (χ4n) is 2.02. The molecular formula is C14H20N2O2. The summed E-state index contributed by atoms with van der Waals surface area (Å²) in [5, 5.41) is 3.26. The Labute approximate surface area is 108 Å². The van der Waals surface area contributed by atoms with Crippen molar-refractivity contribution in [3.05, 3.63) is 35.9 Å². The van der Waals surface area contributed by atoms with Gasteiger partial charge < -0.3 is 10.1 Å². The molecule has 0 aliphatic carbocycles. The number of carbonyl (C=O) groups is 1. The van der Waals surface area contributed by atoms with Crippen molar-refractivity contribution in [3.8, 4) is 0 Å². The molecule has 0 bridgehead atoms. The minimum absolute atomic E-state index is 0.118. The zero-order chi connectivity index (χ0) is 12.6. The van der Waals surface area contributed by atoms with Crippen molar-refractivity contribution in [3.63, 3.8) is 0 Å². The van der Waals surface area contributed by atoms with Gasteiger partial charge in [-0.05, 0) is 5.56 Å². The predicted molar refractivity (Wildman–Crippen MR) is 70.4 cm³/mol. The number of carbonyl (C=O) groups excluding carboxylic acids is 1. The lowest BCUT2D eigenvalue weighted by Crippen LogP contribution is -2.45. The van der Waals surface area contributed by atoms with Gasteiger partial charge in [-0.2, -0.15) is 0 Å². The molecule has 0 atom stereocenters. The molecule has 1 aromatic carbocycles. The van der Waals surface area contributed by atoms with E-state index in [9.17, 15) is 4.79 Å². The van der Waals surface area contributed by atoms with Crippen LogP contribution in [0.15, 0.2) is 30.3 Å². The lowest BCUT2D eigenvalue weighted by molar-refractivity contribution is -0.145. The van der Waals surface area contributed by atoms with Crippen LogP contribution < -0.4 is 5.32 Å². The Bertz CT molecular complexity index is 361. The minimum atomic E-state index is -0.118. The first-order valence-corrected chi connectivity index (χ1v) is 6.47. The Morgan fingerprint density at radius 3 is 2.67 bits per heavy atom. The van der Waals surface area contributed by atoms with Crippen LogP contribution in [0.25, 0.3) is 0 Å². The van der Waals surface area contributed by atoms with Crippen LogP contribution in [0.1, 0.15) is 5.56 Å². The van der Waals surface area contributed by atoms with Crippen molar-refractivity contribution >= 4 is 5.97 Å². The monoisotopic (exact) mass is 248 g/mol. The largest absolute Gasteiger partial charge is 0.464 e. The molecule has 1 heterocycles. The predicted octanol–water partition coefficient (Wildman–Crippen LogP) is 0.678. The van der Waals surface area contributed by atoms with Crippen molar-refractivity contribution in [1.82, 2.24) is 10.2 Å². The number of ether oxygens (including phenoxy) is 1. The Kier molecular flexibility index (Phi) is 5.17. The first-order chi connectivity index (χ1) is 8.84. The van der Waals surface area contributed by atoms with Crippen LogP contribution in [-0.2, 0) is 16.0 Å². The number of nitrogens with one attached hydrogen (secondary N) is 1. The first-order valence-electron chi connectivity index (χ1n) is 6.47. The van der Waals surface area contributed by atoms with E-state index >= 15 is 0 Å². The fourth-order valence-corrected chi connectivity index (χ4v) is 2.02. The average Bonchev–Trinajstić information content (AvgIpc) is 2.41. The molecule has 1 aromatic rings. The molecule has 0 saturated carbocycles. The lowest BCUT2D eigenvalue weighted by Gasteiger charge is -2.25. The second-order valence-electron chi connectivity index (χ2n) is 4.48. The molecule has 1 fully saturated rings. The second-order valence-corrected chi connectivity index (χ2v) is 4.48. The van der Waals surface area contributed by atoms with Crippen molar-refractivity contribution in [2.45, 2.75) is 6.42 Å². The maximum Gasteiger partial charge on any atom is 0.320 e. The van der Waals surface area contributed by atoms with Gasteiger partial charge in [0.2, 0.25) is 0 Å². The van der Waals surface area contributed by atoms with Crippen LogP contribution in [0, 0.1) is 0 Å².